The van der Waals surface area contributed by atoms with Crippen LogP contribution in [0.25, 0.3) is 11.1 Å². The van der Waals surface area contributed by atoms with Crippen molar-refractivity contribution in [3.8, 4) is 0 Å². The standard InChI is InChI=1S/C12H17N3O2/c1-13-6-2-3-7-14-9-4-5-10-11(8-9)17-12(16)15-10/h4-5,8,13-14H,2-3,6-7H2,1H3,(H,15,16). The van der Waals surface area contributed by atoms with Crippen molar-refractivity contribution in [1.82, 2.24) is 10.3 Å². The molecule has 0 atom stereocenters. The highest BCUT2D eigenvalue weighted by molar-refractivity contribution is 5.76. The summed E-state index contributed by atoms with van der Waals surface area (Å²) in [5.74, 6) is -0.411. The van der Waals surface area contributed by atoms with Gasteiger partial charge in [-0.1, -0.05) is 0 Å². The lowest BCUT2D eigenvalue weighted by Crippen LogP contribution is -2.10. The van der Waals surface area contributed by atoms with E-state index in [1.165, 1.54) is 0 Å². The number of hydrogen-bond donors (Lipinski definition) is 3. The van der Waals surface area contributed by atoms with Gasteiger partial charge in [0.25, 0.3) is 0 Å². The van der Waals surface area contributed by atoms with Crippen molar-refractivity contribution in [3.63, 3.8) is 0 Å². The molecule has 5 nitrogen and oxygen atoms in total. The van der Waals surface area contributed by atoms with Crippen LogP contribution in [0.5, 0.6) is 0 Å². The molecule has 0 saturated heterocycles. The molecule has 1 heterocycles. The Morgan fingerprint density at radius 2 is 2.12 bits per heavy atom. The second-order valence-corrected chi connectivity index (χ2v) is 3.96. The number of benzene rings is 1. The molecule has 0 amide bonds. The fourth-order valence-corrected chi connectivity index (χ4v) is 1.71. The third kappa shape index (κ3) is 3.10. The predicted octanol–water partition coefficient (Wildman–Crippen LogP) is 1.53. The first-order valence-electron chi connectivity index (χ1n) is 5.81. The average Bonchev–Trinajstić information content (AvgIpc) is 2.68. The van der Waals surface area contributed by atoms with Crippen LogP contribution in [0.15, 0.2) is 27.4 Å². The van der Waals surface area contributed by atoms with Gasteiger partial charge in [-0.2, -0.15) is 0 Å². The molecule has 2 rings (SSSR count). The molecule has 0 aliphatic heterocycles. The molecule has 0 aliphatic rings. The average molecular weight is 235 g/mol. The summed E-state index contributed by atoms with van der Waals surface area (Å²) in [7, 11) is 1.95. The summed E-state index contributed by atoms with van der Waals surface area (Å²) in [5, 5.41) is 6.41. The zero-order valence-corrected chi connectivity index (χ0v) is 9.88. The van der Waals surface area contributed by atoms with Gasteiger partial charge in [0.2, 0.25) is 0 Å². The highest BCUT2D eigenvalue weighted by Gasteiger charge is 2.01. The number of unbranched alkanes of at least 4 members (excludes halogenated alkanes) is 1. The molecule has 5 heteroatoms. The van der Waals surface area contributed by atoms with Gasteiger partial charge in [0.15, 0.2) is 5.58 Å². The minimum atomic E-state index is -0.411. The number of nitrogens with one attached hydrogen (secondary N) is 3. The molecule has 0 bridgehead atoms. The molecule has 0 fully saturated rings. The number of aromatic nitrogens is 1. The molecule has 1 aromatic carbocycles. The minimum Gasteiger partial charge on any atom is -0.408 e. The van der Waals surface area contributed by atoms with Gasteiger partial charge in [-0.15, -0.1) is 0 Å². The zero-order chi connectivity index (χ0) is 12.1. The maximum absolute atomic E-state index is 11.0. The Balaban J connectivity index is 1.92. The van der Waals surface area contributed by atoms with Crippen molar-refractivity contribution < 1.29 is 4.42 Å². The van der Waals surface area contributed by atoms with Gasteiger partial charge in [0.05, 0.1) is 5.52 Å². The van der Waals surface area contributed by atoms with Crippen LogP contribution in [0.2, 0.25) is 0 Å². The van der Waals surface area contributed by atoms with Crippen LogP contribution in [0.3, 0.4) is 0 Å². The van der Waals surface area contributed by atoms with Crippen molar-refractivity contribution in [2.45, 2.75) is 12.8 Å². The second kappa shape index (κ2) is 5.54. The normalized spacial score (nSPS) is 10.9. The van der Waals surface area contributed by atoms with Gasteiger partial charge in [0, 0.05) is 18.3 Å². The van der Waals surface area contributed by atoms with Crippen LogP contribution in [-0.4, -0.2) is 25.1 Å². The van der Waals surface area contributed by atoms with E-state index in [1.54, 1.807) is 0 Å². The second-order valence-electron chi connectivity index (χ2n) is 3.96. The highest BCUT2D eigenvalue weighted by Crippen LogP contribution is 2.16. The summed E-state index contributed by atoms with van der Waals surface area (Å²) >= 11 is 0. The molecule has 0 aliphatic carbocycles. The molecule has 17 heavy (non-hydrogen) atoms. The van der Waals surface area contributed by atoms with E-state index in [9.17, 15) is 4.79 Å². The summed E-state index contributed by atoms with van der Waals surface area (Å²) in [4.78, 5) is 13.6. The Kier molecular flexibility index (Phi) is 3.82. The number of anilines is 1. The van der Waals surface area contributed by atoms with Crippen LogP contribution in [0, 0.1) is 0 Å². The lowest BCUT2D eigenvalue weighted by Gasteiger charge is -2.05. The van der Waals surface area contributed by atoms with Gasteiger partial charge >= 0.3 is 5.76 Å². The Labute approximate surface area is 99.2 Å². The topological polar surface area (TPSA) is 70.1 Å². The molecule has 2 aromatic rings. The predicted molar refractivity (Wildman–Crippen MR) is 68.5 cm³/mol. The third-order valence-electron chi connectivity index (χ3n) is 2.60. The Bertz CT molecular complexity index is 530. The van der Waals surface area contributed by atoms with Gasteiger partial charge < -0.3 is 15.1 Å². The molecular formula is C12H17N3O2. The van der Waals surface area contributed by atoms with E-state index in [1.807, 2.05) is 25.2 Å². The van der Waals surface area contributed by atoms with Gasteiger partial charge in [-0.3, -0.25) is 4.98 Å². The highest BCUT2D eigenvalue weighted by atomic mass is 16.4. The molecule has 0 spiro atoms. The van der Waals surface area contributed by atoms with Gasteiger partial charge in [-0.25, -0.2) is 4.79 Å². The molecule has 1 aromatic heterocycles. The Morgan fingerprint density at radius 1 is 1.29 bits per heavy atom. The molecular weight excluding hydrogens is 218 g/mol. The van der Waals surface area contributed by atoms with E-state index >= 15 is 0 Å². The Morgan fingerprint density at radius 3 is 2.94 bits per heavy atom. The van der Waals surface area contributed by atoms with Crippen LogP contribution < -0.4 is 16.4 Å². The van der Waals surface area contributed by atoms with Crippen molar-refractivity contribution in [1.29, 1.82) is 0 Å². The first-order chi connectivity index (χ1) is 8.29. The third-order valence-corrected chi connectivity index (χ3v) is 2.60. The first kappa shape index (κ1) is 11.7. The maximum Gasteiger partial charge on any atom is 0.417 e. The fourth-order valence-electron chi connectivity index (χ4n) is 1.71. The summed E-state index contributed by atoms with van der Waals surface area (Å²) in [6.45, 7) is 1.95. The number of rotatable bonds is 6. The quantitative estimate of drug-likeness (QED) is 0.664. The zero-order valence-electron chi connectivity index (χ0n) is 9.88. The van der Waals surface area contributed by atoms with Crippen LogP contribution in [0.1, 0.15) is 12.8 Å². The number of oxazole rings is 1. The minimum absolute atomic E-state index is 0.411. The smallest absolute Gasteiger partial charge is 0.408 e. The van der Waals surface area contributed by atoms with Crippen molar-refractivity contribution in [3.05, 3.63) is 28.7 Å². The summed E-state index contributed by atoms with van der Waals surface area (Å²) in [6, 6.07) is 5.62. The van der Waals surface area contributed by atoms with Gasteiger partial charge in [0.1, 0.15) is 0 Å². The molecule has 0 unspecified atom stereocenters. The SMILES string of the molecule is CNCCCCNc1ccc2[nH]c(=O)oc2c1. The lowest BCUT2D eigenvalue weighted by molar-refractivity contribution is 0.555. The maximum atomic E-state index is 11.0. The van der Waals surface area contributed by atoms with Crippen LogP contribution >= 0.6 is 0 Å². The van der Waals surface area contributed by atoms with Crippen LogP contribution in [-0.2, 0) is 0 Å². The number of H-pyrrole nitrogens is 1. The first-order valence-corrected chi connectivity index (χ1v) is 5.81. The van der Waals surface area contributed by atoms with Crippen LogP contribution in [0.4, 0.5) is 5.69 Å². The van der Waals surface area contributed by atoms with Gasteiger partial charge in [-0.05, 0) is 38.6 Å². The van der Waals surface area contributed by atoms with E-state index in [-0.39, 0.29) is 0 Å². The van der Waals surface area contributed by atoms with E-state index in [4.69, 9.17) is 4.42 Å². The molecule has 92 valence electrons. The summed E-state index contributed by atoms with van der Waals surface area (Å²) < 4.78 is 4.99. The van der Waals surface area contributed by atoms with E-state index < -0.39 is 5.76 Å². The van der Waals surface area contributed by atoms with Crippen molar-refractivity contribution in [2.24, 2.45) is 0 Å². The fraction of sp³-hybridized carbons (Fsp3) is 0.417. The Hall–Kier alpha value is -1.75. The number of fused-ring (bicyclic) bond motifs is 1. The number of aromatic amines is 1. The van der Waals surface area contributed by atoms with Crippen molar-refractivity contribution >= 4 is 16.8 Å². The largest absolute Gasteiger partial charge is 0.417 e. The monoisotopic (exact) mass is 235 g/mol. The van der Waals surface area contributed by atoms with E-state index in [0.717, 1.165) is 37.1 Å². The van der Waals surface area contributed by atoms with E-state index in [2.05, 4.69) is 15.6 Å². The lowest BCUT2D eigenvalue weighted by atomic mass is 10.2. The molecule has 3 N–H and O–H groups in total. The van der Waals surface area contributed by atoms with E-state index in [0.29, 0.717) is 5.58 Å². The molecule has 0 radical (unpaired) electrons. The number of hydrogen-bond acceptors (Lipinski definition) is 4. The van der Waals surface area contributed by atoms with Crippen molar-refractivity contribution in [2.75, 3.05) is 25.5 Å². The molecule has 0 saturated carbocycles. The summed E-state index contributed by atoms with van der Waals surface area (Å²) in [6.07, 6.45) is 2.25. The summed E-state index contributed by atoms with van der Waals surface area (Å²) in [5.41, 5.74) is 2.30.